The summed E-state index contributed by atoms with van der Waals surface area (Å²) in [6.07, 6.45) is 0.497. The lowest BCUT2D eigenvalue weighted by molar-refractivity contribution is 0.112. The molecule has 0 bridgehead atoms. The van der Waals surface area contributed by atoms with Crippen molar-refractivity contribution in [1.82, 2.24) is 0 Å². The minimum atomic E-state index is -0.603. The Hall–Kier alpha value is -1.64. The summed E-state index contributed by atoms with van der Waals surface area (Å²) in [5.41, 5.74) is 0.0986. The molecule has 0 aromatic heterocycles. The molecule has 0 radical (unpaired) electrons. The van der Waals surface area contributed by atoms with Crippen LogP contribution in [0.25, 0.3) is 0 Å². The van der Waals surface area contributed by atoms with Crippen LogP contribution in [0.15, 0.2) is 23.0 Å². The van der Waals surface area contributed by atoms with E-state index in [2.05, 4.69) is 0 Å². The molecule has 14 heavy (non-hydrogen) atoms. The lowest BCUT2D eigenvalue weighted by Gasteiger charge is -2.03. The topological polar surface area (TPSA) is 54.4 Å². The van der Waals surface area contributed by atoms with Crippen LogP contribution in [0.4, 0.5) is 0 Å². The van der Waals surface area contributed by atoms with Crippen LogP contribution in [-0.4, -0.2) is 11.4 Å². The molecule has 1 aromatic rings. The Morgan fingerprint density at radius 3 is 2.50 bits per heavy atom. The predicted molar refractivity (Wildman–Crippen MR) is 53.9 cm³/mol. The molecule has 3 heteroatoms. The maximum Gasteiger partial charge on any atom is 0.230 e. The molecule has 1 aromatic carbocycles. The first-order valence-electron chi connectivity index (χ1n) is 4.39. The van der Waals surface area contributed by atoms with Gasteiger partial charge >= 0.3 is 0 Å². The van der Waals surface area contributed by atoms with Gasteiger partial charge < -0.3 is 5.11 Å². The maximum atomic E-state index is 11.4. The highest BCUT2D eigenvalue weighted by atomic mass is 16.3. The summed E-state index contributed by atoms with van der Waals surface area (Å²) < 4.78 is 0. The standard InChI is InChI=1S/C11H12O3/c1-7(2)8-4-3-5-10(13)11(14)9(8)6-12/h3-7H,1-2H3,(H,13,14). The molecule has 0 heterocycles. The van der Waals surface area contributed by atoms with E-state index in [0.29, 0.717) is 11.8 Å². The first-order valence-corrected chi connectivity index (χ1v) is 4.39. The number of rotatable bonds is 2. The van der Waals surface area contributed by atoms with Gasteiger partial charge in [0, 0.05) is 0 Å². The Kier molecular flexibility index (Phi) is 3.02. The zero-order valence-corrected chi connectivity index (χ0v) is 8.15. The van der Waals surface area contributed by atoms with Gasteiger partial charge in [-0.05, 0) is 17.5 Å². The molecule has 0 spiro atoms. The van der Waals surface area contributed by atoms with Crippen molar-refractivity contribution in [3.63, 3.8) is 0 Å². The van der Waals surface area contributed by atoms with Crippen LogP contribution in [0.3, 0.4) is 0 Å². The van der Waals surface area contributed by atoms with Gasteiger partial charge in [-0.15, -0.1) is 0 Å². The number of aldehydes is 1. The van der Waals surface area contributed by atoms with E-state index in [4.69, 9.17) is 0 Å². The van der Waals surface area contributed by atoms with E-state index in [-0.39, 0.29) is 17.2 Å². The summed E-state index contributed by atoms with van der Waals surface area (Å²) in [5, 5.41) is 9.23. The highest BCUT2D eigenvalue weighted by molar-refractivity contribution is 5.77. The van der Waals surface area contributed by atoms with Crippen LogP contribution in [0.1, 0.15) is 35.7 Å². The highest BCUT2D eigenvalue weighted by Gasteiger charge is 2.10. The zero-order chi connectivity index (χ0) is 10.7. The van der Waals surface area contributed by atoms with Crippen LogP contribution >= 0.6 is 0 Å². The molecule has 1 N–H and O–H groups in total. The van der Waals surface area contributed by atoms with Crippen LogP contribution in [-0.2, 0) is 0 Å². The van der Waals surface area contributed by atoms with Crippen molar-refractivity contribution in [3.8, 4) is 5.75 Å². The van der Waals surface area contributed by atoms with Crippen LogP contribution in [0.5, 0.6) is 5.75 Å². The number of hydrogen-bond donors (Lipinski definition) is 1. The minimum Gasteiger partial charge on any atom is -0.504 e. The first-order chi connectivity index (χ1) is 6.57. The van der Waals surface area contributed by atoms with Gasteiger partial charge in [0.1, 0.15) is 0 Å². The first kappa shape index (κ1) is 10.4. The smallest absolute Gasteiger partial charge is 0.230 e. The van der Waals surface area contributed by atoms with Gasteiger partial charge in [-0.1, -0.05) is 26.0 Å². The molecule has 0 aliphatic heterocycles. The lowest BCUT2D eigenvalue weighted by Crippen LogP contribution is -2.08. The number of hydrogen-bond acceptors (Lipinski definition) is 3. The number of carbonyl (C=O) groups excluding carboxylic acids is 1. The van der Waals surface area contributed by atoms with Crippen molar-refractivity contribution in [2.24, 2.45) is 0 Å². The molecule has 0 saturated carbocycles. The largest absolute Gasteiger partial charge is 0.504 e. The van der Waals surface area contributed by atoms with Crippen LogP contribution < -0.4 is 5.43 Å². The third-order valence-electron chi connectivity index (χ3n) is 2.06. The van der Waals surface area contributed by atoms with Crippen molar-refractivity contribution in [2.45, 2.75) is 19.8 Å². The van der Waals surface area contributed by atoms with E-state index < -0.39 is 5.43 Å². The normalized spacial score (nSPS) is 10.2. The summed E-state index contributed by atoms with van der Waals surface area (Å²) in [4.78, 5) is 22.2. The molecule has 1 rings (SSSR count). The van der Waals surface area contributed by atoms with Gasteiger partial charge in [0.2, 0.25) is 5.43 Å². The van der Waals surface area contributed by atoms with E-state index in [1.165, 1.54) is 6.07 Å². The fourth-order valence-electron chi connectivity index (χ4n) is 1.30. The Labute approximate surface area is 82.0 Å². The molecular formula is C11H12O3. The SMILES string of the molecule is CC(C)c1cccc(O)c(=O)c1C=O. The van der Waals surface area contributed by atoms with Crippen LogP contribution in [0, 0.1) is 0 Å². The minimum absolute atomic E-state index is 0.0440. The molecule has 3 nitrogen and oxygen atoms in total. The zero-order valence-electron chi connectivity index (χ0n) is 8.15. The summed E-state index contributed by atoms with van der Waals surface area (Å²) in [5.74, 6) is -0.311. The van der Waals surface area contributed by atoms with Gasteiger partial charge in [-0.3, -0.25) is 9.59 Å². The number of aromatic hydroxyl groups is 1. The summed E-state index contributed by atoms with van der Waals surface area (Å²) in [6.45, 7) is 3.78. The van der Waals surface area contributed by atoms with Crippen molar-refractivity contribution in [2.75, 3.05) is 0 Å². The highest BCUT2D eigenvalue weighted by Crippen LogP contribution is 2.16. The van der Waals surface area contributed by atoms with E-state index in [0.717, 1.165) is 0 Å². The maximum absolute atomic E-state index is 11.4. The summed E-state index contributed by atoms with van der Waals surface area (Å²) >= 11 is 0. The molecule has 0 aliphatic carbocycles. The molecule has 74 valence electrons. The van der Waals surface area contributed by atoms with Crippen molar-refractivity contribution >= 4 is 6.29 Å². The van der Waals surface area contributed by atoms with Crippen molar-refractivity contribution in [3.05, 3.63) is 39.5 Å². The van der Waals surface area contributed by atoms with E-state index in [1.54, 1.807) is 12.1 Å². The van der Waals surface area contributed by atoms with Gasteiger partial charge in [0.05, 0.1) is 5.56 Å². The predicted octanol–water partition coefficient (Wildman–Crippen LogP) is 1.69. The molecule has 0 atom stereocenters. The second-order valence-electron chi connectivity index (χ2n) is 3.38. The molecule has 0 unspecified atom stereocenters. The summed E-state index contributed by atoms with van der Waals surface area (Å²) in [6, 6.07) is 4.54. The van der Waals surface area contributed by atoms with Crippen LogP contribution in [0.2, 0.25) is 0 Å². The third-order valence-corrected chi connectivity index (χ3v) is 2.06. The quantitative estimate of drug-likeness (QED) is 0.725. The van der Waals surface area contributed by atoms with Gasteiger partial charge in [-0.25, -0.2) is 0 Å². The Morgan fingerprint density at radius 1 is 1.36 bits per heavy atom. The average molecular weight is 192 g/mol. The molecule has 0 saturated heterocycles. The van der Waals surface area contributed by atoms with E-state index in [1.807, 2.05) is 13.8 Å². The monoisotopic (exact) mass is 192 g/mol. The Balaban J connectivity index is 3.63. The van der Waals surface area contributed by atoms with Gasteiger partial charge in [-0.2, -0.15) is 0 Å². The third kappa shape index (κ3) is 1.82. The second-order valence-corrected chi connectivity index (χ2v) is 3.38. The van der Waals surface area contributed by atoms with Gasteiger partial charge in [0.15, 0.2) is 12.0 Å². The molecule has 0 fully saturated rings. The lowest BCUT2D eigenvalue weighted by atomic mass is 10.0. The summed E-state index contributed by atoms with van der Waals surface area (Å²) in [7, 11) is 0. The van der Waals surface area contributed by atoms with E-state index in [9.17, 15) is 14.7 Å². The molecule has 0 aliphatic rings. The number of carbonyl (C=O) groups is 1. The van der Waals surface area contributed by atoms with Crippen molar-refractivity contribution in [1.29, 1.82) is 0 Å². The fraction of sp³-hybridized carbons (Fsp3) is 0.273. The Bertz CT molecular complexity index is 408. The fourth-order valence-corrected chi connectivity index (χ4v) is 1.30. The Morgan fingerprint density at radius 2 is 2.00 bits per heavy atom. The van der Waals surface area contributed by atoms with Crippen molar-refractivity contribution < 1.29 is 9.90 Å². The van der Waals surface area contributed by atoms with Gasteiger partial charge in [0.25, 0.3) is 0 Å². The average Bonchev–Trinajstić information content (AvgIpc) is 2.27. The van der Waals surface area contributed by atoms with E-state index >= 15 is 0 Å². The molecule has 0 amide bonds. The molecular weight excluding hydrogens is 180 g/mol. The second kappa shape index (κ2) is 4.05.